The number of aryl methyl sites for hydroxylation is 2. The van der Waals surface area contributed by atoms with Crippen LogP contribution in [0.15, 0.2) is 64.5 Å². The Morgan fingerprint density at radius 3 is 2.57 bits per heavy atom. The number of thiophene rings is 1. The van der Waals surface area contributed by atoms with Gasteiger partial charge in [0.25, 0.3) is 5.91 Å². The van der Waals surface area contributed by atoms with E-state index in [-0.39, 0.29) is 21.2 Å². The van der Waals surface area contributed by atoms with Crippen LogP contribution in [-0.2, 0) is 16.9 Å². The van der Waals surface area contributed by atoms with Gasteiger partial charge in [0, 0.05) is 57.8 Å². The molecule has 0 spiro atoms. The molecular weight excluding hydrogens is 513 g/mol. The zero-order chi connectivity index (χ0) is 25.5. The molecule has 35 heavy (non-hydrogen) atoms. The normalized spacial score (nSPS) is 11.5. The monoisotopic (exact) mass is 531 g/mol. The van der Waals surface area contributed by atoms with Crippen LogP contribution in [0.25, 0.3) is 22.4 Å². The summed E-state index contributed by atoms with van der Waals surface area (Å²) in [6, 6.07) is 10.0. The summed E-state index contributed by atoms with van der Waals surface area (Å²) >= 11 is 7.24. The molecule has 0 aliphatic heterocycles. The Morgan fingerprint density at radius 1 is 1.14 bits per heavy atom. The summed E-state index contributed by atoms with van der Waals surface area (Å²) in [6.45, 7) is 1.81. The molecule has 0 aliphatic rings. The maximum Gasteiger partial charge on any atom is 0.265 e. The lowest BCUT2D eigenvalue weighted by atomic mass is 10.0. The Morgan fingerprint density at radius 2 is 1.89 bits per heavy atom. The van der Waals surface area contributed by atoms with E-state index < -0.39 is 21.6 Å². The lowest BCUT2D eigenvalue weighted by Gasteiger charge is -2.10. The summed E-state index contributed by atoms with van der Waals surface area (Å²) < 4.78 is 39.3. The second-order valence-electron chi connectivity index (χ2n) is 7.90. The number of hydrogen-bond donors (Lipinski definition) is 1. The fraction of sp³-hybridized carbons (Fsp3) is 0.125. The molecule has 0 saturated carbocycles. The number of rotatable bonds is 5. The molecule has 4 rings (SSSR count). The Hall–Kier alpha value is -3.34. The molecule has 1 amide bonds. The predicted octanol–water partition coefficient (Wildman–Crippen LogP) is 4.93. The first-order chi connectivity index (χ1) is 16.4. The molecular formula is C24H19ClFN3O4S2. The quantitative estimate of drug-likeness (QED) is 0.393. The molecule has 4 aromatic rings. The van der Waals surface area contributed by atoms with Crippen molar-refractivity contribution in [3.05, 3.63) is 85.8 Å². The van der Waals surface area contributed by atoms with Gasteiger partial charge in [-0.25, -0.2) is 12.8 Å². The predicted molar refractivity (Wildman–Crippen MR) is 135 cm³/mol. The minimum absolute atomic E-state index is 0.0132. The highest BCUT2D eigenvalue weighted by Crippen LogP contribution is 2.36. The van der Waals surface area contributed by atoms with Crippen molar-refractivity contribution in [2.75, 3.05) is 11.6 Å². The molecule has 0 bridgehead atoms. The first-order valence-electron chi connectivity index (χ1n) is 10.2. The van der Waals surface area contributed by atoms with Gasteiger partial charge in [-0.05, 0) is 43.3 Å². The third-order valence-electron chi connectivity index (χ3n) is 5.21. The van der Waals surface area contributed by atoms with E-state index in [0.717, 1.165) is 17.3 Å². The lowest BCUT2D eigenvalue weighted by Crippen LogP contribution is -2.14. The Balaban J connectivity index is 1.72. The topological polar surface area (TPSA) is 98.1 Å². The number of nitrogens with zero attached hydrogens (tertiary/aromatic N) is 2. The molecule has 0 atom stereocenters. The summed E-state index contributed by atoms with van der Waals surface area (Å²) in [6.07, 6.45) is 3.74. The van der Waals surface area contributed by atoms with E-state index in [0.29, 0.717) is 27.3 Å². The Labute approximate surface area is 209 Å². The standard InChI is InChI=1S/C24H19ClFN3O4S2/c1-13-19(23-20(8-16(26)11-27-23)14-4-5-22(30)29(2)12-14)10-21(34-13)24(31)28-17-6-15(25)7-18(9-17)35(3,32)33/h4-12H,1-3H3,(H,28,31). The van der Waals surface area contributed by atoms with Crippen LogP contribution in [-0.4, -0.2) is 30.1 Å². The molecule has 0 saturated heterocycles. The zero-order valence-electron chi connectivity index (χ0n) is 18.8. The van der Waals surface area contributed by atoms with Crippen molar-refractivity contribution in [3.63, 3.8) is 0 Å². The lowest BCUT2D eigenvalue weighted by molar-refractivity contribution is 0.103. The molecule has 11 heteroatoms. The highest BCUT2D eigenvalue weighted by Gasteiger charge is 2.19. The van der Waals surface area contributed by atoms with Crippen LogP contribution in [0.5, 0.6) is 0 Å². The van der Waals surface area contributed by atoms with E-state index in [1.807, 2.05) is 6.92 Å². The third-order valence-corrected chi connectivity index (χ3v) is 7.56. The maximum atomic E-state index is 14.1. The van der Waals surface area contributed by atoms with Crippen molar-refractivity contribution < 1.29 is 17.6 Å². The van der Waals surface area contributed by atoms with Crippen LogP contribution < -0.4 is 10.9 Å². The first kappa shape index (κ1) is 24.8. The molecule has 1 aromatic carbocycles. The molecule has 0 aliphatic carbocycles. The van der Waals surface area contributed by atoms with E-state index in [9.17, 15) is 22.4 Å². The number of halogens is 2. The molecule has 1 N–H and O–H groups in total. The zero-order valence-corrected chi connectivity index (χ0v) is 21.2. The van der Waals surface area contributed by atoms with Gasteiger partial charge in [-0.3, -0.25) is 14.6 Å². The SMILES string of the molecule is Cc1sc(C(=O)Nc2cc(Cl)cc(S(C)(=O)=O)c2)cc1-c1ncc(F)cc1-c1ccc(=O)n(C)c1. The average Bonchev–Trinajstić information content (AvgIpc) is 3.16. The maximum absolute atomic E-state index is 14.1. The number of carbonyl (C=O) groups excluding carboxylic acids is 1. The number of sulfone groups is 1. The van der Waals surface area contributed by atoms with Crippen LogP contribution >= 0.6 is 22.9 Å². The van der Waals surface area contributed by atoms with Crippen LogP contribution in [0.1, 0.15) is 14.5 Å². The van der Waals surface area contributed by atoms with Crippen molar-refractivity contribution in [1.29, 1.82) is 0 Å². The molecule has 0 unspecified atom stereocenters. The number of aromatic nitrogens is 2. The number of hydrogen-bond acceptors (Lipinski definition) is 6. The van der Waals surface area contributed by atoms with Gasteiger partial charge in [0.2, 0.25) is 5.56 Å². The largest absolute Gasteiger partial charge is 0.321 e. The van der Waals surface area contributed by atoms with Crippen LogP contribution in [0.3, 0.4) is 0 Å². The van der Waals surface area contributed by atoms with Crippen molar-refractivity contribution in [2.45, 2.75) is 11.8 Å². The van der Waals surface area contributed by atoms with Gasteiger partial charge in [-0.2, -0.15) is 0 Å². The van der Waals surface area contributed by atoms with Crippen molar-refractivity contribution in [1.82, 2.24) is 9.55 Å². The van der Waals surface area contributed by atoms with Gasteiger partial charge in [0.05, 0.1) is 21.7 Å². The molecule has 3 aromatic heterocycles. The highest BCUT2D eigenvalue weighted by atomic mass is 35.5. The second kappa shape index (κ2) is 9.37. The van der Waals surface area contributed by atoms with Crippen LogP contribution in [0.4, 0.5) is 10.1 Å². The summed E-state index contributed by atoms with van der Waals surface area (Å²) in [5.74, 6) is -0.997. The van der Waals surface area contributed by atoms with Gasteiger partial charge >= 0.3 is 0 Å². The number of carbonyl (C=O) groups is 1. The smallest absolute Gasteiger partial charge is 0.265 e. The van der Waals surface area contributed by atoms with Gasteiger partial charge in [-0.1, -0.05) is 11.6 Å². The van der Waals surface area contributed by atoms with E-state index in [2.05, 4.69) is 10.3 Å². The van der Waals surface area contributed by atoms with E-state index in [1.54, 1.807) is 25.4 Å². The fourth-order valence-corrected chi connectivity index (χ4v) is 5.40. The van der Waals surface area contributed by atoms with E-state index >= 15 is 0 Å². The van der Waals surface area contributed by atoms with Crippen molar-refractivity contribution >= 4 is 44.4 Å². The number of nitrogens with one attached hydrogen (secondary N) is 1. The van der Waals surface area contributed by atoms with Gasteiger partial charge in [0.15, 0.2) is 9.84 Å². The van der Waals surface area contributed by atoms with Gasteiger partial charge in [0.1, 0.15) is 5.82 Å². The summed E-state index contributed by atoms with van der Waals surface area (Å²) in [5.41, 5.74) is 2.19. The van der Waals surface area contributed by atoms with Gasteiger partial charge in [-0.15, -0.1) is 11.3 Å². The van der Waals surface area contributed by atoms with Crippen LogP contribution in [0, 0.1) is 12.7 Å². The van der Waals surface area contributed by atoms with Crippen molar-refractivity contribution in [3.8, 4) is 22.4 Å². The summed E-state index contributed by atoms with van der Waals surface area (Å²) in [7, 11) is -1.92. The average molecular weight is 532 g/mol. The number of pyridine rings is 2. The molecule has 0 fully saturated rings. The summed E-state index contributed by atoms with van der Waals surface area (Å²) in [4.78, 5) is 30.1. The third kappa shape index (κ3) is 5.34. The van der Waals surface area contributed by atoms with Crippen LogP contribution in [0.2, 0.25) is 5.02 Å². The number of anilines is 1. The molecule has 0 radical (unpaired) electrons. The number of benzene rings is 1. The van der Waals surface area contributed by atoms with E-state index in [1.165, 1.54) is 46.2 Å². The van der Waals surface area contributed by atoms with Gasteiger partial charge < -0.3 is 9.88 Å². The van der Waals surface area contributed by atoms with E-state index in [4.69, 9.17) is 11.6 Å². The molecule has 3 heterocycles. The molecule has 7 nitrogen and oxygen atoms in total. The molecule has 180 valence electrons. The first-order valence-corrected chi connectivity index (χ1v) is 13.3. The minimum atomic E-state index is -3.52. The Bertz CT molecular complexity index is 1640. The fourth-order valence-electron chi connectivity index (χ4n) is 3.50. The second-order valence-corrected chi connectivity index (χ2v) is 11.6. The highest BCUT2D eigenvalue weighted by molar-refractivity contribution is 7.90. The minimum Gasteiger partial charge on any atom is -0.321 e. The number of amides is 1. The Kier molecular flexibility index (Phi) is 6.63. The van der Waals surface area contributed by atoms with Crippen molar-refractivity contribution in [2.24, 2.45) is 7.05 Å². The summed E-state index contributed by atoms with van der Waals surface area (Å²) in [5, 5.41) is 2.85.